The number of alkyl halides is 1. The third-order valence-electron chi connectivity index (χ3n) is 8.47. The molecule has 0 fully saturated rings. The monoisotopic (exact) mass is 942 g/mol. The van der Waals surface area contributed by atoms with Crippen molar-refractivity contribution in [1.82, 2.24) is 31.2 Å². The summed E-state index contributed by atoms with van der Waals surface area (Å²) in [6, 6.07) is 6.13. The molecule has 2 rings (SSSR count). The van der Waals surface area contributed by atoms with Crippen LogP contribution in [-0.2, 0) is 38.1 Å². The van der Waals surface area contributed by atoms with E-state index in [-0.39, 0.29) is 35.0 Å². The van der Waals surface area contributed by atoms with E-state index in [4.69, 9.17) is 30.5 Å². The molecule has 0 spiro atoms. The number of halogens is 1. The van der Waals surface area contributed by atoms with Crippen LogP contribution in [0.2, 0.25) is 0 Å². The Hall–Kier alpha value is -3.97. The number of nitrogens with zero attached hydrogens (tertiary/aromatic N) is 2. The van der Waals surface area contributed by atoms with Crippen LogP contribution in [0.3, 0.4) is 0 Å². The molecule has 2 aromatic rings. The second-order valence-electron chi connectivity index (χ2n) is 17.1. The number of Topliss-reactive ketones (excluding diaryl/α,β-unsaturated/α-hetero) is 2. The summed E-state index contributed by atoms with van der Waals surface area (Å²) in [5, 5.41) is 10.8. The minimum atomic E-state index is -1.03. The first-order chi connectivity index (χ1) is 29.3. The smallest absolute Gasteiger partial charge is 0.407 e. The number of ketones is 2. The van der Waals surface area contributed by atoms with Crippen LogP contribution in [0.25, 0.3) is 0 Å². The van der Waals surface area contributed by atoms with Crippen LogP contribution in [0, 0.1) is 0 Å². The molecule has 16 nitrogen and oxygen atoms in total. The number of alkyl carbamates (subject to hydrolysis) is 2. The molecule has 2 aromatic heterocycles. The van der Waals surface area contributed by atoms with Gasteiger partial charge >= 0.3 is 12.2 Å². The predicted octanol–water partition coefficient (Wildman–Crippen LogP) is 7.12. The van der Waals surface area contributed by atoms with Crippen molar-refractivity contribution in [3.63, 3.8) is 0 Å². The van der Waals surface area contributed by atoms with Gasteiger partial charge in [-0.05, 0) is 132 Å². The standard InChI is InChI=1S/C22H35N3O5S.C17H31ClN2O5.C5H5NS/c1-21(2,3)30-20(28)24-13-8-7-11-17(25-19(27)22(4,5)29-6)18(26)15-31-16-10-9-12-23-14-16;1-16(2,3)25-15(23)19-10-8-7-9-12(13(21)11-18)20-14(22)17(4,5)24-6;7-5-2-1-3-6-4-5/h9-10,12,14,17H,7-8,11,13,15H2,1-6H3,(H,24,28)(H,25,27);12H,7-11H2,1-6H3,(H,19,23)(H,20,22);1-4,7H/t17-;12-;/m00./s1. The third kappa shape index (κ3) is 29.2. The lowest BCUT2D eigenvalue weighted by Crippen LogP contribution is -2.50. The fourth-order valence-electron chi connectivity index (χ4n) is 4.57. The minimum absolute atomic E-state index is 0.0748. The zero-order valence-corrected chi connectivity index (χ0v) is 41.5. The molecule has 4 N–H and O–H groups in total. The van der Waals surface area contributed by atoms with Gasteiger partial charge in [0.1, 0.15) is 22.4 Å². The first kappa shape index (κ1) is 59.0. The first-order valence-corrected chi connectivity index (χ1v) is 22.6. The van der Waals surface area contributed by atoms with E-state index in [9.17, 15) is 28.8 Å². The van der Waals surface area contributed by atoms with Crippen molar-refractivity contribution in [2.45, 2.75) is 152 Å². The zero-order valence-electron chi connectivity index (χ0n) is 39.1. The van der Waals surface area contributed by atoms with Gasteiger partial charge in [-0.2, -0.15) is 0 Å². The maximum absolute atomic E-state index is 12.8. The second kappa shape index (κ2) is 30.2. The largest absolute Gasteiger partial charge is 0.444 e. The number of pyridine rings is 2. The highest BCUT2D eigenvalue weighted by atomic mass is 35.5. The maximum Gasteiger partial charge on any atom is 0.407 e. The van der Waals surface area contributed by atoms with Gasteiger partial charge in [0.2, 0.25) is 0 Å². The summed E-state index contributed by atoms with van der Waals surface area (Å²) in [6.45, 7) is 18.2. The topological polar surface area (TPSA) is 213 Å². The lowest BCUT2D eigenvalue weighted by Gasteiger charge is -2.26. The number of hydrogen-bond acceptors (Lipinski definition) is 14. The summed E-state index contributed by atoms with van der Waals surface area (Å²) in [7, 11) is 2.89. The molecule has 2 atom stereocenters. The number of nitrogens with one attached hydrogen (secondary N) is 4. The van der Waals surface area contributed by atoms with Crippen LogP contribution in [-0.4, -0.2) is 119 Å². The number of unbranched alkanes of at least 4 members (excludes halogenated alkanes) is 2. The molecule has 0 bridgehead atoms. The number of thioether (sulfide) groups is 1. The van der Waals surface area contributed by atoms with Gasteiger partial charge in [-0.15, -0.1) is 36.0 Å². The highest BCUT2D eigenvalue weighted by Gasteiger charge is 2.32. The molecule has 0 unspecified atom stereocenters. The Kier molecular flexibility index (Phi) is 28.3. The van der Waals surface area contributed by atoms with Gasteiger partial charge in [-0.1, -0.05) is 0 Å². The molecule has 0 radical (unpaired) electrons. The Labute approximate surface area is 389 Å². The van der Waals surface area contributed by atoms with Crippen LogP contribution in [0.15, 0.2) is 58.8 Å². The summed E-state index contributed by atoms with van der Waals surface area (Å²) in [5.74, 6) is -0.984. The Bertz CT molecular complexity index is 1680. The first-order valence-electron chi connectivity index (χ1n) is 20.7. The minimum Gasteiger partial charge on any atom is -0.444 e. The highest BCUT2D eigenvalue weighted by molar-refractivity contribution is 8.00. The Morgan fingerprint density at radius 2 is 1.10 bits per heavy atom. The molecule has 0 aliphatic rings. The van der Waals surface area contributed by atoms with Crippen LogP contribution in [0.4, 0.5) is 9.59 Å². The average Bonchev–Trinajstić information content (AvgIpc) is 3.21. The molecule has 0 saturated carbocycles. The van der Waals surface area contributed by atoms with E-state index in [2.05, 4.69) is 43.9 Å². The summed E-state index contributed by atoms with van der Waals surface area (Å²) >= 11 is 11.0. The fraction of sp³-hybridized carbons (Fsp3) is 0.636. The third-order valence-corrected chi connectivity index (χ3v) is 10.0. The number of hydrogen-bond donors (Lipinski definition) is 5. The number of rotatable bonds is 22. The van der Waals surface area contributed by atoms with E-state index < -0.39 is 46.7 Å². The predicted molar refractivity (Wildman–Crippen MR) is 249 cm³/mol. The van der Waals surface area contributed by atoms with Gasteiger partial charge in [0.25, 0.3) is 11.8 Å². The van der Waals surface area contributed by atoms with Crippen molar-refractivity contribution in [1.29, 1.82) is 0 Å². The fourth-order valence-corrected chi connectivity index (χ4v) is 5.73. The van der Waals surface area contributed by atoms with E-state index in [1.165, 1.54) is 26.0 Å². The summed E-state index contributed by atoms with van der Waals surface area (Å²) in [6.07, 6.45) is 9.34. The SMILES string of the molecule is COC(C)(C)C(=O)N[C@@H](CCCCNC(=O)OC(C)(C)C)C(=O)CCl.COC(C)(C)C(=O)N[C@@H](CCCCNC(=O)OC(C)(C)C)C(=O)CSc1cccnc1.Sc1cccnc1. The van der Waals surface area contributed by atoms with Crippen LogP contribution in [0.1, 0.15) is 108 Å². The van der Waals surface area contributed by atoms with E-state index in [0.29, 0.717) is 51.6 Å². The van der Waals surface area contributed by atoms with Gasteiger partial charge in [0.05, 0.1) is 23.7 Å². The van der Waals surface area contributed by atoms with Gasteiger partial charge < -0.3 is 40.2 Å². The number of ether oxygens (including phenoxy) is 4. The molecular formula is C44H71ClN6O10S2. The number of aromatic nitrogens is 2. The van der Waals surface area contributed by atoms with Crippen molar-refractivity contribution in [2.24, 2.45) is 0 Å². The van der Waals surface area contributed by atoms with E-state index in [1.807, 2.05) is 24.3 Å². The Morgan fingerprint density at radius 3 is 1.43 bits per heavy atom. The van der Waals surface area contributed by atoms with Crippen LogP contribution < -0.4 is 21.3 Å². The van der Waals surface area contributed by atoms with Gasteiger partial charge in [-0.3, -0.25) is 29.1 Å². The van der Waals surface area contributed by atoms with E-state index in [0.717, 1.165) is 9.79 Å². The van der Waals surface area contributed by atoms with Crippen molar-refractivity contribution in [3.8, 4) is 0 Å². The molecule has 63 heavy (non-hydrogen) atoms. The quantitative estimate of drug-likeness (QED) is 0.0345. The number of thiol groups is 1. The number of methoxy groups -OCH3 is 2. The molecule has 2 heterocycles. The van der Waals surface area contributed by atoms with E-state index in [1.54, 1.807) is 94.0 Å². The van der Waals surface area contributed by atoms with Crippen molar-refractivity contribution in [3.05, 3.63) is 49.1 Å². The molecule has 0 aliphatic heterocycles. The molecule has 0 aromatic carbocycles. The molecule has 19 heteroatoms. The Balaban J connectivity index is 0.00000107. The summed E-state index contributed by atoms with van der Waals surface area (Å²) in [4.78, 5) is 82.2. The molecule has 0 saturated heterocycles. The normalized spacial score (nSPS) is 12.4. The van der Waals surface area contributed by atoms with Crippen molar-refractivity contribution >= 4 is 71.6 Å². The summed E-state index contributed by atoms with van der Waals surface area (Å²) in [5.41, 5.74) is -3.15. The molecule has 4 amide bonds. The van der Waals surface area contributed by atoms with Gasteiger partial charge in [0.15, 0.2) is 11.6 Å². The van der Waals surface area contributed by atoms with Crippen molar-refractivity contribution in [2.75, 3.05) is 38.9 Å². The number of carbonyl (C=O) groups is 6. The second-order valence-corrected chi connectivity index (χ2v) is 18.9. The summed E-state index contributed by atoms with van der Waals surface area (Å²) < 4.78 is 20.7. The van der Waals surface area contributed by atoms with Gasteiger partial charge in [-0.25, -0.2) is 9.59 Å². The zero-order chi connectivity index (χ0) is 48.3. The number of amides is 4. The number of carbonyl (C=O) groups excluding carboxylic acids is 6. The van der Waals surface area contributed by atoms with Crippen molar-refractivity contribution < 1.29 is 47.7 Å². The molecule has 0 aliphatic carbocycles. The molecular weight excluding hydrogens is 872 g/mol. The molecule has 356 valence electrons. The lowest BCUT2D eigenvalue weighted by molar-refractivity contribution is -0.142. The lowest BCUT2D eigenvalue weighted by atomic mass is 10.0. The van der Waals surface area contributed by atoms with Gasteiger partial charge in [0, 0.05) is 61.9 Å². The van der Waals surface area contributed by atoms with E-state index >= 15 is 0 Å². The Morgan fingerprint density at radius 1 is 0.667 bits per heavy atom. The van der Waals surface area contributed by atoms with Crippen LogP contribution >= 0.6 is 36.0 Å². The average molecular weight is 944 g/mol. The highest BCUT2D eigenvalue weighted by Crippen LogP contribution is 2.18. The maximum atomic E-state index is 12.8. The van der Waals surface area contributed by atoms with Crippen LogP contribution in [0.5, 0.6) is 0 Å².